The van der Waals surface area contributed by atoms with Crippen molar-refractivity contribution in [2.24, 2.45) is 23.7 Å². The number of benzene rings is 1. The van der Waals surface area contributed by atoms with Crippen molar-refractivity contribution in [2.45, 2.75) is 13.3 Å². The van der Waals surface area contributed by atoms with Crippen LogP contribution in [0, 0.1) is 30.6 Å². The lowest BCUT2D eigenvalue weighted by Crippen LogP contribution is -2.32. The molecule has 0 spiro atoms. The average Bonchev–Trinajstić information content (AvgIpc) is 3.06. The third kappa shape index (κ3) is 1.33. The van der Waals surface area contributed by atoms with E-state index in [0.717, 1.165) is 17.7 Å². The Morgan fingerprint density at radius 1 is 0.947 bits per heavy atom. The highest BCUT2D eigenvalue weighted by molar-refractivity contribution is 6.22. The summed E-state index contributed by atoms with van der Waals surface area (Å²) in [5, 5.41) is 0. The predicted octanol–water partition coefficient (Wildman–Crippen LogP) is 2.31. The third-order valence-corrected chi connectivity index (χ3v) is 4.76. The average molecular weight is 253 g/mol. The molecule has 0 unspecified atom stereocenters. The summed E-state index contributed by atoms with van der Waals surface area (Å²) in [6.07, 6.45) is 5.22. The first-order valence-electron chi connectivity index (χ1n) is 6.79. The Morgan fingerprint density at radius 2 is 1.47 bits per heavy atom. The zero-order valence-electron chi connectivity index (χ0n) is 10.7. The Labute approximate surface area is 111 Å². The first kappa shape index (κ1) is 11.0. The lowest BCUT2D eigenvalue weighted by atomic mass is 9.85. The van der Waals surface area contributed by atoms with Gasteiger partial charge in [-0.3, -0.25) is 14.5 Å². The van der Waals surface area contributed by atoms with E-state index in [2.05, 4.69) is 12.2 Å². The number of aryl methyl sites for hydroxylation is 1. The number of rotatable bonds is 1. The van der Waals surface area contributed by atoms with Crippen molar-refractivity contribution in [1.29, 1.82) is 0 Å². The first-order chi connectivity index (χ1) is 9.16. The van der Waals surface area contributed by atoms with Gasteiger partial charge in [0.1, 0.15) is 0 Å². The number of carbonyl (C=O) groups excluding carboxylic acids is 2. The van der Waals surface area contributed by atoms with Gasteiger partial charge in [-0.15, -0.1) is 0 Å². The van der Waals surface area contributed by atoms with Gasteiger partial charge in [0.2, 0.25) is 11.8 Å². The number of imide groups is 1. The standard InChI is InChI=1S/C16H15NO2/c1-9-2-6-12(7-3-9)17-15(18)13-10-4-5-11(8-10)14(13)16(17)19/h2-7,10-11,13-14H,8H2,1H3/t10-,11-,13-,14+/m0/s1. The number of anilines is 1. The van der Waals surface area contributed by atoms with Crippen LogP contribution in [0.4, 0.5) is 5.69 Å². The van der Waals surface area contributed by atoms with Crippen LogP contribution in [0.3, 0.4) is 0 Å². The molecule has 3 aliphatic rings. The molecule has 1 aromatic carbocycles. The molecule has 1 aromatic rings. The Morgan fingerprint density at radius 3 is 2.00 bits per heavy atom. The van der Waals surface area contributed by atoms with Gasteiger partial charge in [-0.2, -0.15) is 0 Å². The number of carbonyl (C=O) groups is 2. The van der Waals surface area contributed by atoms with Crippen molar-refractivity contribution < 1.29 is 9.59 Å². The van der Waals surface area contributed by atoms with Gasteiger partial charge in [0.25, 0.3) is 0 Å². The molecule has 4 atom stereocenters. The minimum atomic E-state index is -0.108. The molecule has 4 rings (SSSR count). The van der Waals surface area contributed by atoms with Crippen molar-refractivity contribution in [3.63, 3.8) is 0 Å². The van der Waals surface area contributed by atoms with E-state index in [4.69, 9.17) is 0 Å². The highest BCUT2D eigenvalue weighted by Gasteiger charge is 2.59. The normalized spacial score (nSPS) is 35.3. The van der Waals surface area contributed by atoms with Gasteiger partial charge in [0, 0.05) is 0 Å². The third-order valence-electron chi connectivity index (χ3n) is 4.76. The van der Waals surface area contributed by atoms with E-state index in [1.165, 1.54) is 4.90 Å². The molecule has 0 aromatic heterocycles. The number of fused-ring (bicyclic) bond motifs is 5. The Bertz CT molecular complexity index is 572. The van der Waals surface area contributed by atoms with Crippen molar-refractivity contribution in [2.75, 3.05) is 4.90 Å². The fourth-order valence-electron chi connectivity index (χ4n) is 3.85. The monoisotopic (exact) mass is 253 g/mol. The van der Waals surface area contributed by atoms with Crippen LogP contribution in [-0.4, -0.2) is 11.8 Å². The summed E-state index contributed by atoms with van der Waals surface area (Å²) in [7, 11) is 0. The highest BCUT2D eigenvalue weighted by atomic mass is 16.2. The van der Waals surface area contributed by atoms with Crippen LogP contribution in [0.25, 0.3) is 0 Å². The largest absolute Gasteiger partial charge is 0.274 e. The van der Waals surface area contributed by atoms with Crippen LogP contribution >= 0.6 is 0 Å². The summed E-state index contributed by atoms with van der Waals surface area (Å²) in [5.74, 6) is 0.336. The Balaban J connectivity index is 1.74. The fourth-order valence-corrected chi connectivity index (χ4v) is 3.85. The van der Waals surface area contributed by atoms with Crippen LogP contribution in [0.15, 0.2) is 36.4 Å². The molecule has 2 fully saturated rings. The number of hydrogen-bond donors (Lipinski definition) is 0. The Hall–Kier alpha value is -1.90. The summed E-state index contributed by atoms with van der Waals surface area (Å²) in [6, 6.07) is 7.61. The fraction of sp³-hybridized carbons (Fsp3) is 0.375. The second-order valence-corrected chi connectivity index (χ2v) is 5.85. The first-order valence-corrected chi connectivity index (χ1v) is 6.79. The molecular formula is C16H15NO2. The molecule has 0 radical (unpaired) electrons. The van der Waals surface area contributed by atoms with E-state index in [1.54, 1.807) is 0 Å². The molecule has 0 N–H and O–H groups in total. The number of hydrogen-bond acceptors (Lipinski definition) is 2. The van der Waals surface area contributed by atoms with Crippen molar-refractivity contribution in [1.82, 2.24) is 0 Å². The maximum absolute atomic E-state index is 12.5. The lowest BCUT2D eigenvalue weighted by Gasteiger charge is -2.17. The summed E-state index contributed by atoms with van der Waals surface area (Å²) >= 11 is 0. The van der Waals surface area contributed by atoms with Crippen LogP contribution < -0.4 is 4.90 Å². The van der Waals surface area contributed by atoms with E-state index >= 15 is 0 Å². The van der Waals surface area contributed by atoms with Crippen molar-refractivity contribution in [3.8, 4) is 0 Å². The smallest absolute Gasteiger partial charge is 0.238 e. The summed E-state index contributed by atoms with van der Waals surface area (Å²) in [6.45, 7) is 2.00. The molecule has 2 aliphatic carbocycles. The molecule has 1 saturated carbocycles. The minimum absolute atomic E-state index is 0.00398. The van der Waals surface area contributed by atoms with E-state index in [0.29, 0.717) is 0 Å². The molecule has 2 amide bonds. The van der Waals surface area contributed by atoms with E-state index in [9.17, 15) is 9.59 Å². The maximum atomic E-state index is 12.5. The zero-order valence-corrected chi connectivity index (χ0v) is 10.7. The van der Waals surface area contributed by atoms with Gasteiger partial charge in [-0.25, -0.2) is 0 Å². The van der Waals surface area contributed by atoms with E-state index in [1.807, 2.05) is 31.2 Å². The number of amides is 2. The van der Waals surface area contributed by atoms with Crippen LogP contribution in [0.5, 0.6) is 0 Å². The van der Waals surface area contributed by atoms with E-state index in [-0.39, 0.29) is 35.5 Å². The highest BCUT2D eigenvalue weighted by Crippen LogP contribution is 2.53. The summed E-state index contributed by atoms with van der Waals surface area (Å²) in [5.41, 5.74) is 1.85. The Kier molecular flexibility index (Phi) is 2.06. The second-order valence-electron chi connectivity index (χ2n) is 5.85. The maximum Gasteiger partial charge on any atom is 0.238 e. The van der Waals surface area contributed by atoms with Crippen molar-refractivity contribution in [3.05, 3.63) is 42.0 Å². The van der Waals surface area contributed by atoms with Gasteiger partial charge >= 0.3 is 0 Å². The quantitative estimate of drug-likeness (QED) is 0.569. The minimum Gasteiger partial charge on any atom is -0.274 e. The molecular weight excluding hydrogens is 238 g/mol. The molecule has 96 valence electrons. The topological polar surface area (TPSA) is 37.4 Å². The predicted molar refractivity (Wildman–Crippen MR) is 71.4 cm³/mol. The molecule has 3 nitrogen and oxygen atoms in total. The van der Waals surface area contributed by atoms with Crippen molar-refractivity contribution >= 4 is 17.5 Å². The van der Waals surface area contributed by atoms with Gasteiger partial charge in [-0.05, 0) is 37.3 Å². The molecule has 1 aliphatic heterocycles. The SMILES string of the molecule is Cc1ccc(N2C(=O)[C@@H]3[C@H](C2=O)[C@H]2C=C[C@H]3C2)cc1. The van der Waals surface area contributed by atoms with Gasteiger partial charge in [0.15, 0.2) is 0 Å². The van der Waals surface area contributed by atoms with Gasteiger partial charge in [0.05, 0.1) is 17.5 Å². The summed E-state index contributed by atoms with van der Waals surface area (Å²) in [4.78, 5) is 26.5. The zero-order chi connectivity index (χ0) is 13.1. The molecule has 1 heterocycles. The molecule has 3 heteroatoms. The molecule has 19 heavy (non-hydrogen) atoms. The van der Waals surface area contributed by atoms with Crippen LogP contribution in [0.2, 0.25) is 0 Å². The molecule has 2 bridgehead atoms. The van der Waals surface area contributed by atoms with Crippen LogP contribution in [0.1, 0.15) is 12.0 Å². The summed E-state index contributed by atoms with van der Waals surface area (Å²) < 4.78 is 0. The van der Waals surface area contributed by atoms with Crippen LogP contribution in [-0.2, 0) is 9.59 Å². The second kappa shape index (κ2) is 3.56. The molecule has 1 saturated heterocycles. The number of allylic oxidation sites excluding steroid dienone is 2. The lowest BCUT2D eigenvalue weighted by molar-refractivity contribution is -0.123. The number of nitrogens with zero attached hydrogens (tertiary/aromatic N) is 1. The van der Waals surface area contributed by atoms with E-state index < -0.39 is 0 Å². The van der Waals surface area contributed by atoms with Gasteiger partial charge < -0.3 is 0 Å². The van der Waals surface area contributed by atoms with Gasteiger partial charge in [-0.1, -0.05) is 29.8 Å².